The van der Waals surface area contributed by atoms with E-state index in [9.17, 15) is 14.4 Å². The van der Waals surface area contributed by atoms with Crippen molar-refractivity contribution in [1.29, 1.82) is 0 Å². The Kier molecular flexibility index (Phi) is 4.43. The summed E-state index contributed by atoms with van der Waals surface area (Å²) in [4.78, 5) is 38.9. The monoisotopic (exact) mass is 396 g/mol. The molecule has 0 unspecified atom stereocenters. The van der Waals surface area contributed by atoms with E-state index in [-0.39, 0.29) is 5.91 Å². The van der Waals surface area contributed by atoms with Crippen LogP contribution in [0, 0.1) is 0 Å². The van der Waals surface area contributed by atoms with Crippen LogP contribution in [0.15, 0.2) is 60.7 Å². The van der Waals surface area contributed by atoms with E-state index in [1.165, 1.54) is 5.56 Å². The van der Waals surface area contributed by atoms with Crippen molar-refractivity contribution >= 4 is 30.0 Å². The number of nitrogens with zero attached hydrogens (tertiary/aromatic N) is 2. The van der Waals surface area contributed by atoms with Crippen LogP contribution in [-0.4, -0.2) is 31.7 Å². The first-order valence-corrected chi connectivity index (χ1v) is 10.0. The molecular weight excluding hydrogens is 376 g/mol. The molecule has 2 heterocycles. The second-order valence-corrected chi connectivity index (χ2v) is 7.60. The van der Waals surface area contributed by atoms with Gasteiger partial charge in [0, 0.05) is 35.6 Å². The molecule has 3 aromatic carbocycles. The number of carbonyl (C=O) groups is 3. The van der Waals surface area contributed by atoms with Crippen LogP contribution in [0.4, 0.5) is 11.4 Å². The van der Waals surface area contributed by atoms with Gasteiger partial charge in [0.2, 0.25) is 6.41 Å². The van der Waals surface area contributed by atoms with E-state index in [0.29, 0.717) is 24.2 Å². The largest absolute Gasteiger partial charge is 0.314 e. The van der Waals surface area contributed by atoms with Crippen molar-refractivity contribution in [3.63, 3.8) is 0 Å². The van der Waals surface area contributed by atoms with Crippen LogP contribution in [0.1, 0.15) is 31.8 Å². The summed E-state index contributed by atoms with van der Waals surface area (Å²) in [7, 11) is 0. The van der Waals surface area contributed by atoms with Crippen molar-refractivity contribution in [3.8, 4) is 11.1 Å². The zero-order valence-corrected chi connectivity index (χ0v) is 16.4. The van der Waals surface area contributed by atoms with Crippen LogP contribution in [0.2, 0.25) is 0 Å². The minimum atomic E-state index is -0.0613. The summed E-state index contributed by atoms with van der Waals surface area (Å²) < 4.78 is 0. The molecule has 0 spiro atoms. The highest BCUT2D eigenvalue weighted by atomic mass is 16.2. The number of amides is 2. The average Bonchev–Trinajstić information content (AvgIpc) is 3.42. The number of hydrogen-bond acceptors (Lipinski definition) is 3. The zero-order valence-electron chi connectivity index (χ0n) is 16.4. The predicted molar refractivity (Wildman–Crippen MR) is 116 cm³/mol. The topological polar surface area (TPSA) is 57.7 Å². The Morgan fingerprint density at radius 1 is 0.767 bits per heavy atom. The highest BCUT2D eigenvalue weighted by molar-refractivity contribution is 6.08. The average molecular weight is 396 g/mol. The molecular formula is C25H20N2O3. The third-order valence-corrected chi connectivity index (χ3v) is 6.05. The third kappa shape index (κ3) is 2.82. The van der Waals surface area contributed by atoms with Crippen LogP contribution >= 0.6 is 0 Å². The van der Waals surface area contributed by atoms with E-state index in [1.54, 1.807) is 29.2 Å². The predicted octanol–water partition coefficient (Wildman–Crippen LogP) is 3.89. The zero-order chi connectivity index (χ0) is 20.7. The number of benzene rings is 3. The van der Waals surface area contributed by atoms with Crippen LogP contribution in [0.5, 0.6) is 0 Å². The number of aldehydes is 1. The van der Waals surface area contributed by atoms with E-state index in [0.717, 1.165) is 53.6 Å². The second kappa shape index (κ2) is 7.26. The molecule has 0 aliphatic carbocycles. The van der Waals surface area contributed by atoms with Crippen LogP contribution < -0.4 is 9.80 Å². The second-order valence-electron chi connectivity index (χ2n) is 7.60. The van der Waals surface area contributed by atoms with E-state index in [2.05, 4.69) is 12.1 Å². The Labute approximate surface area is 174 Å². The van der Waals surface area contributed by atoms with Gasteiger partial charge in [0.1, 0.15) is 6.29 Å². The fourth-order valence-electron chi connectivity index (χ4n) is 4.58. The number of hydrogen-bond donors (Lipinski definition) is 0. The van der Waals surface area contributed by atoms with Crippen molar-refractivity contribution in [1.82, 2.24) is 0 Å². The molecule has 0 aromatic heterocycles. The van der Waals surface area contributed by atoms with Gasteiger partial charge in [-0.3, -0.25) is 14.4 Å². The van der Waals surface area contributed by atoms with E-state index < -0.39 is 0 Å². The third-order valence-electron chi connectivity index (χ3n) is 6.05. The van der Waals surface area contributed by atoms with Gasteiger partial charge < -0.3 is 9.80 Å². The molecule has 2 aliphatic rings. The quantitative estimate of drug-likeness (QED) is 0.629. The maximum absolute atomic E-state index is 13.1. The highest BCUT2D eigenvalue weighted by Gasteiger charge is 2.29. The normalized spacial score (nSPS) is 14.4. The standard InChI is InChI=1S/C25H20N2O3/c28-15-17-7-9-18(10-8-17)25(30)27-14-12-22-20(4-2-6-24(22)27)19-3-1-5-23-21(19)11-13-26(23)16-29/h1-10,15-16H,11-14H2. The van der Waals surface area contributed by atoms with Crippen molar-refractivity contribution in [2.24, 2.45) is 0 Å². The number of rotatable bonds is 4. The molecule has 0 saturated carbocycles. The van der Waals surface area contributed by atoms with Crippen LogP contribution in [0.3, 0.4) is 0 Å². The van der Waals surface area contributed by atoms with E-state index in [1.807, 2.05) is 29.2 Å². The smallest absolute Gasteiger partial charge is 0.258 e. The van der Waals surface area contributed by atoms with Gasteiger partial charge in [-0.25, -0.2) is 0 Å². The number of anilines is 2. The minimum Gasteiger partial charge on any atom is -0.314 e. The maximum Gasteiger partial charge on any atom is 0.258 e. The van der Waals surface area contributed by atoms with Gasteiger partial charge in [-0.1, -0.05) is 36.4 Å². The fourth-order valence-corrected chi connectivity index (χ4v) is 4.58. The Balaban J connectivity index is 1.54. The summed E-state index contributed by atoms with van der Waals surface area (Å²) >= 11 is 0. The minimum absolute atomic E-state index is 0.0613. The molecule has 5 heteroatoms. The van der Waals surface area contributed by atoms with Gasteiger partial charge in [0.25, 0.3) is 5.91 Å². The molecule has 148 valence electrons. The molecule has 0 bridgehead atoms. The molecule has 0 fully saturated rings. The van der Waals surface area contributed by atoms with Crippen molar-refractivity contribution in [2.75, 3.05) is 22.9 Å². The molecule has 0 atom stereocenters. The summed E-state index contributed by atoms with van der Waals surface area (Å²) in [5, 5.41) is 0. The Morgan fingerprint density at radius 3 is 2.07 bits per heavy atom. The first-order chi connectivity index (χ1) is 14.7. The molecule has 5 nitrogen and oxygen atoms in total. The van der Waals surface area contributed by atoms with Crippen molar-refractivity contribution in [2.45, 2.75) is 12.8 Å². The van der Waals surface area contributed by atoms with Gasteiger partial charge in [-0.15, -0.1) is 0 Å². The molecule has 0 radical (unpaired) electrons. The summed E-state index contributed by atoms with van der Waals surface area (Å²) in [5.74, 6) is -0.0613. The molecule has 3 aromatic rings. The number of fused-ring (bicyclic) bond motifs is 2. The number of carbonyl (C=O) groups excluding carboxylic acids is 3. The van der Waals surface area contributed by atoms with Crippen molar-refractivity contribution in [3.05, 3.63) is 82.9 Å². The van der Waals surface area contributed by atoms with Gasteiger partial charge in [0.15, 0.2) is 0 Å². The molecule has 5 rings (SSSR count). The highest BCUT2D eigenvalue weighted by Crippen LogP contribution is 2.41. The molecule has 2 aliphatic heterocycles. The first kappa shape index (κ1) is 18.3. The summed E-state index contributed by atoms with van der Waals surface area (Å²) in [5.41, 5.74) is 7.64. The van der Waals surface area contributed by atoms with Gasteiger partial charge in [-0.05, 0) is 59.4 Å². The molecule has 2 amide bonds. The van der Waals surface area contributed by atoms with Crippen LogP contribution in [0.25, 0.3) is 11.1 Å². The Hall–Kier alpha value is -3.73. The summed E-state index contributed by atoms with van der Waals surface area (Å²) in [6.07, 6.45) is 3.28. The first-order valence-electron chi connectivity index (χ1n) is 10.0. The van der Waals surface area contributed by atoms with Gasteiger partial charge in [-0.2, -0.15) is 0 Å². The Morgan fingerprint density at radius 2 is 1.40 bits per heavy atom. The molecule has 30 heavy (non-hydrogen) atoms. The summed E-state index contributed by atoms with van der Waals surface area (Å²) in [6, 6.07) is 18.9. The molecule has 0 N–H and O–H groups in total. The van der Waals surface area contributed by atoms with E-state index in [4.69, 9.17) is 0 Å². The van der Waals surface area contributed by atoms with E-state index >= 15 is 0 Å². The lowest BCUT2D eigenvalue weighted by atomic mass is 9.93. The van der Waals surface area contributed by atoms with Crippen molar-refractivity contribution < 1.29 is 14.4 Å². The lowest BCUT2D eigenvalue weighted by molar-refractivity contribution is -0.107. The fraction of sp³-hybridized carbons (Fsp3) is 0.160. The molecule has 0 saturated heterocycles. The SMILES string of the molecule is O=Cc1ccc(C(=O)N2CCc3c(-c4cccc5c4CCN5C=O)cccc32)cc1. The lowest BCUT2D eigenvalue weighted by Gasteiger charge is -2.19. The maximum atomic E-state index is 13.1. The van der Waals surface area contributed by atoms with Gasteiger partial charge in [0.05, 0.1) is 0 Å². The van der Waals surface area contributed by atoms with Crippen LogP contribution in [-0.2, 0) is 17.6 Å². The van der Waals surface area contributed by atoms with Gasteiger partial charge >= 0.3 is 0 Å². The lowest BCUT2D eigenvalue weighted by Crippen LogP contribution is -2.28. The summed E-state index contributed by atoms with van der Waals surface area (Å²) in [6.45, 7) is 1.32. The Bertz CT molecular complexity index is 1170.